The lowest BCUT2D eigenvalue weighted by Crippen LogP contribution is -2.25. The van der Waals surface area contributed by atoms with Crippen LogP contribution in [0.3, 0.4) is 0 Å². The van der Waals surface area contributed by atoms with Gasteiger partial charge in [-0.15, -0.1) is 0 Å². The number of rotatable bonds is 4. The summed E-state index contributed by atoms with van der Waals surface area (Å²) >= 11 is 0. The van der Waals surface area contributed by atoms with Crippen molar-refractivity contribution >= 4 is 11.7 Å². The first kappa shape index (κ1) is 11.2. The summed E-state index contributed by atoms with van der Waals surface area (Å²) in [6, 6.07) is 8.76. The van der Waals surface area contributed by atoms with E-state index in [0.717, 1.165) is 16.9 Å². The second-order valence-corrected chi connectivity index (χ2v) is 3.76. The number of hydrogen-bond acceptors (Lipinski definition) is 3. The Morgan fingerprint density at radius 3 is 2.94 bits per heavy atom. The first-order valence-electron chi connectivity index (χ1n) is 5.26. The van der Waals surface area contributed by atoms with Gasteiger partial charge in [0, 0.05) is 17.4 Å². The summed E-state index contributed by atoms with van der Waals surface area (Å²) in [5, 5.41) is 18.5. The Kier molecular flexibility index (Phi) is 3.09. The van der Waals surface area contributed by atoms with Gasteiger partial charge in [-0.1, -0.05) is 12.1 Å². The number of aromatic nitrogens is 2. The van der Waals surface area contributed by atoms with Gasteiger partial charge in [0.1, 0.15) is 6.04 Å². The molecule has 0 fully saturated rings. The highest BCUT2D eigenvalue weighted by Gasteiger charge is 2.10. The molecule has 2 aromatic rings. The monoisotopic (exact) mass is 231 g/mol. The van der Waals surface area contributed by atoms with Crippen LogP contribution in [0.4, 0.5) is 5.69 Å². The number of hydrogen-bond donors (Lipinski definition) is 3. The maximum Gasteiger partial charge on any atom is 0.325 e. The van der Waals surface area contributed by atoms with E-state index < -0.39 is 12.0 Å². The van der Waals surface area contributed by atoms with Crippen molar-refractivity contribution in [1.29, 1.82) is 0 Å². The summed E-state index contributed by atoms with van der Waals surface area (Å²) in [6.07, 6.45) is 1.68. The Morgan fingerprint density at radius 2 is 2.29 bits per heavy atom. The molecule has 1 aromatic carbocycles. The number of carboxylic acids is 1. The number of aliphatic carboxylic acids is 1. The van der Waals surface area contributed by atoms with Gasteiger partial charge in [0.2, 0.25) is 0 Å². The molecule has 2 rings (SSSR count). The van der Waals surface area contributed by atoms with Crippen molar-refractivity contribution in [2.45, 2.75) is 13.0 Å². The van der Waals surface area contributed by atoms with E-state index in [-0.39, 0.29) is 0 Å². The molecule has 1 heterocycles. The first-order valence-corrected chi connectivity index (χ1v) is 5.26. The van der Waals surface area contributed by atoms with E-state index in [1.165, 1.54) is 0 Å². The quantitative estimate of drug-likeness (QED) is 0.751. The minimum Gasteiger partial charge on any atom is -0.480 e. The molecule has 5 nitrogen and oxygen atoms in total. The molecular weight excluding hydrogens is 218 g/mol. The number of nitrogens with zero attached hydrogens (tertiary/aromatic N) is 1. The zero-order chi connectivity index (χ0) is 12.3. The Balaban J connectivity index is 2.20. The molecule has 0 aliphatic carbocycles. The second-order valence-electron chi connectivity index (χ2n) is 3.76. The van der Waals surface area contributed by atoms with E-state index in [2.05, 4.69) is 15.5 Å². The van der Waals surface area contributed by atoms with Crippen molar-refractivity contribution < 1.29 is 9.90 Å². The maximum atomic E-state index is 10.7. The number of carbonyl (C=O) groups is 1. The number of benzene rings is 1. The largest absolute Gasteiger partial charge is 0.480 e. The van der Waals surface area contributed by atoms with Crippen molar-refractivity contribution in [1.82, 2.24) is 10.2 Å². The van der Waals surface area contributed by atoms with E-state index in [4.69, 9.17) is 5.11 Å². The smallest absolute Gasteiger partial charge is 0.325 e. The van der Waals surface area contributed by atoms with Gasteiger partial charge in [0.05, 0.1) is 5.69 Å². The lowest BCUT2D eigenvalue weighted by molar-refractivity contribution is -0.137. The number of aromatic amines is 1. The van der Waals surface area contributed by atoms with Gasteiger partial charge in [-0.2, -0.15) is 5.10 Å². The lowest BCUT2D eigenvalue weighted by atomic mass is 10.1. The third kappa shape index (κ3) is 2.63. The molecule has 0 aliphatic rings. The average Bonchev–Trinajstić information content (AvgIpc) is 2.82. The van der Waals surface area contributed by atoms with Crippen LogP contribution in [0.25, 0.3) is 11.3 Å². The number of anilines is 1. The van der Waals surface area contributed by atoms with E-state index in [1.807, 2.05) is 30.3 Å². The van der Waals surface area contributed by atoms with E-state index in [0.29, 0.717) is 0 Å². The first-order chi connectivity index (χ1) is 8.16. The van der Waals surface area contributed by atoms with E-state index >= 15 is 0 Å². The molecule has 1 unspecified atom stereocenters. The summed E-state index contributed by atoms with van der Waals surface area (Å²) in [5.41, 5.74) is 2.63. The van der Waals surface area contributed by atoms with Crippen LogP contribution in [0.5, 0.6) is 0 Å². The molecular formula is C12H13N3O2. The molecule has 0 radical (unpaired) electrons. The van der Waals surface area contributed by atoms with Crippen LogP contribution < -0.4 is 5.32 Å². The van der Waals surface area contributed by atoms with Crippen molar-refractivity contribution in [3.05, 3.63) is 36.5 Å². The molecule has 0 saturated heterocycles. The fraction of sp³-hybridized carbons (Fsp3) is 0.167. The highest BCUT2D eigenvalue weighted by atomic mass is 16.4. The third-order valence-corrected chi connectivity index (χ3v) is 2.43. The Bertz CT molecular complexity index is 508. The topological polar surface area (TPSA) is 78.0 Å². The van der Waals surface area contributed by atoms with Crippen LogP contribution in [0, 0.1) is 0 Å². The number of nitrogens with one attached hydrogen (secondary N) is 2. The van der Waals surface area contributed by atoms with E-state index in [1.54, 1.807) is 13.1 Å². The maximum absolute atomic E-state index is 10.7. The third-order valence-electron chi connectivity index (χ3n) is 2.43. The van der Waals surface area contributed by atoms with Crippen LogP contribution in [0.2, 0.25) is 0 Å². The van der Waals surface area contributed by atoms with E-state index in [9.17, 15) is 4.79 Å². The van der Waals surface area contributed by atoms with Crippen molar-refractivity contribution in [2.75, 3.05) is 5.32 Å². The van der Waals surface area contributed by atoms with Crippen LogP contribution in [-0.4, -0.2) is 27.3 Å². The van der Waals surface area contributed by atoms with Gasteiger partial charge in [0.15, 0.2) is 0 Å². The molecule has 0 bridgehead atoms. The summed E-state index contributed by atoms with van der Waals surface area (Å²) in [4.78, 5) is 10.7. The molecule has 88 valence electrons. The fourth-order valence-electron chi connectivity index (χ4n) is 1.50. The van der Waals surface area contributed by atoms with Crippen LogP contribution in [0.15, 0.2) is 36.5 Å². The predicted octanol–water partition coefficient (Wildman–Crippen LogP) is 1.96. The summed E-state index contributed by atoms with van der Waals surface area (Å²) < 4.78 is 0. The Labute approximate surface area is 98.5 Å². The SMILES string of the molecule is CC(Nc1cccc(-c2ccn[nH]2)c1)C(=O)O. The lowest BCUT2D eigenvalue weighted by Gasteiger charge is -2.11. The standard InChI is InChI=1S/C12H13N3O2/c1-8(12(16)17)14-10-4-2-3-9(7-10)11-5-6-13-15-11/h2-8,14H,1H3,(H,13,15)(H,16,17). The second kappa shape index (κ2) is 4.69. The van der Waals surface area contributed by atoms with Crippen LogP contribution in [-0.2, 0) is 4.79 Å². The van der Waals surface area contributed by atoms with Crippen molar-refractivity contribution in [3.63, 3.8) is 0 Å². The Hall–Kier alpha value is -2.30. The van der Waals surface area contributed by atoms with Gasteiger partial charge in [-0.3, -0.25) is 9.89 Å². The normalized spacial score (nSPS) is 12.1. The van der Waals surface area contributed by atoms with Gasteiger partial charge in [-0.05, 0) is 25.1 Å². The molecule has 1 atom stereocenters. The molecule has 1 aromatic heterocycles. The fourth-order valence-corrected chi connectivity index (χ4v) is 1.50. The molecule has 0 amide bonds. The summed E-state index contributed by atoms with van der Waals surface area (Å²) in [5.74, 6) is -0.878. The average molecular weight is 231 g/mol. The molecule has 0 spiro atoms. The molecule has 17 heavy (non-hydrogen) atoms. The molecule has 0 aliphatic heterocycles. The van der Waals surface area contributed by atoms with Gasteiger partial charge >= 0.3 is 5.97 Å². The minimum atomic E-state index is -0.878. The number of H-pyrrole nitrogens is 1. The molecule has 5 heteroatoms. The van der Waals surface area contributed by atoms with Crippen LogP contribution >= 0.6 is 0 Å². The highest BCUT2D eigenvalue weighted by Crippen LogP contribution is 2.20. The van der Waals surface area contributed by atoms with Gasteiger partial charge in [0.25, 0.3) is 0 Å². The predicted molar refractivity (Wildman–Crippen MR) is 64.7 cm³/mol. The summed E-state index contributed by atoms with van der Waals surface area (Å²) in [6.45, 7) is 1.60. The van der Waals surface area contributed by atoms with Crippen LogP contribution in [0.1, 0.15) is 6.92 Å². The van der Waals surface area contributed by atoms with Crippen molar-refractivity contribution in [2.24, 2.45) is 0 Å². The molecule has 3 N–H and O–H groups in total. The zero-order valence-corrected chi connectivity index (χ0v) is 9.34. The highest BCUT2D eigenvalue weighted by molar-refractivity contribution is 5.77. The molecule has 0 saturated carbocycles. The number of carboxylic acid groups (broad SMARTS) is 1. The van der Waals surface area contributed by atoms with Gasteiger partial charge < -0.3 is 10.4 Å². The Morgan fingerprint density at radius 1 is 1.47 bits per heavy atom. The van der Waals surface area contributed by atoms with Gasteiger partial charge in [-0.25, -0.2) is 0 Å². The van der Waals surface area contributed by atoms with Crippen molar-refractivity contribution in [3.8, 4) is 11.3 Å². The zero-order valence-electron chi connectivity index (χ0n) is 9.34. The summed E-state index contributed by atoms with van der Waals surface area (Å²) in [7, 11) is 0. The minimum absolute atomic E-state index is 0.619.